The highest BCUT2D eigenvalue weighted by Crippen LogP contribution is 2.58. The van der Waals surface area contributed by atoms with Gasteiger partial charge in [-0.15, -0.1) is 0 Å². The smallest absolute Gasteiger partial charge is 0.312 e. The number of ether oxygens (including phenoxy) is 2. The number of rotatable bonds is 6. The van der Waals surface area contributed by atoms with E-state index in [9.17, 15) is 19.5 Å². The number of aliphatic carboxylic acids is 1. The maximum absolute atomic E-state index is 12.7. The Morgan fingerprint density at radius 3 is 2.04 bits per heavy atom. The molecule has 0 heterocycles. The van der Waals surface area contributed by atoms with Gasteiger partial charge in [-0.1, -0.05) is 40.5 Å². The van der Waals surface area contributed by atoms with Crippen molar-refractivity contribution in [3.05, 3.63) is 0 Å². The Kier molecular flexibility index (Phi) is 6.35. The topological polar surface area (TPSA) is 89.9 Å². The molecule has 2 aliphatic carbocycles. The molecule has 0 aliphatic heterocycles. The van der Waals surface area contributed by atoms with Crippen molar-refractivity contribution in [3.63, 3.8) is 0 Å². The molecule has 4 unspecified atom stereocenters. The molecule has 148 valence electrons. The van der Waals surface area contributed by atoms with Gasteiger partial charge in [0.05, 0.1) is 17.3 Å². The summed E-state index contributed by atoms with van der Waals surface area (Å²) >= 11 is 0. The van der Waals surface area contributed by atoms with E-state index in [1.807, 2.05) is 0 Å². The number of carbonyl (C=O) groups is 3. The van der Waals surface area contributed by atoms with Gasteiger partial charge in [0.1, 0.15) is 13.2 Å². The van der Waals surface area contributed by atoms with Crippen LogP contribution in [0.25, 0.3) is 0 Å². The molecular formula is C20H32O6. The highest BCUT2D eigenvalue weighted by molar-refractivity contribution is 5.81. The van der Waals surface area contributed by atoms with Crippen LogP contribution in [0, 0.1) is 28.6 Å². The summed E-state index contributed by atoms with van der Waals surface area (Å²) in [4.78, 5) is 36.1. The molecule has 2 aliphatic rings. The lowest BCUT2D eigenvalue weighted by Gasteiger charge is -2.54. The van der Waals surface area contributed by atoms with E-state index < -0.39 is 29.2 Å². The van der Waals surface area contributed by atoms with E-state index >= 15 is 0 Å². The molecule has 0 spiro atoms. The average molecular weight is 368 g/mol. The normalized spacial score (nSPS) is 31.6. The molecule has 2 rings (SSSR count). The fraction of sp³-hybridized carbons (Fsp3) is 0.850. The van der Waals surface area contributed by atoms with Crippen LogP contribution in [0.1, 0.15) is 66.2 Å². The molecule has 2 fully saturated rings. The summed E-state index contributed by atoms with van der Waals surface area (Å²) in [7, 11) is 0. The predicted octanol–water partition coefficient (Wildman–Crippen LogP) is 3.43. The SMILES string of the molecule is CC1CCC1(C(=O)OCCOC(=O)C1CCCCC1C(=O)O)C(C)(C)C. The van der Waals surface area contributed by atoms with Crippen LogP contribution < -0.4 is 0 Å². The molecule has 0 bridgehead atoms. The van der Waals surface area contributed by atoms with Crippen molar-refractivity contribution in [1.82, 2.24) is 0 Å². The molecule has 0 saturated heterocycles. The molecule has 0 aromatic heterocycles. The summed E-state index contributed by atoms with van der Waals surface area (Å²) in [6.45, 7) is 8.23. The molecule has 4 atom stereocenters. The van der Waals surface area contributed by atoms with Crippen LogP contribution in [0.4, 0.5) is 0 Å². The standard InChI is InChI=1S/C20H32O6/c1-13-9-10-20(13,19(2,3)4)18(24)26-12-11-25-17(23)15-8-6-5-7-14(15)16(21)22/h13-15H,5-12H2,1-4H3,(H,21,22). The summed E-state index contributed by atoms with van der Waals surface area (Å²) in [5.41, 5.74) is -0.663. The second-order valence-electron chi connectivity index (χ2n) is 8.80. The Labute approximate surface area is 155 Å². The molecule has 0 aromatic carbocycles. The van der Waals surface area contributed by atoms with Gasteiger partial charge in [0.25, 0.3) is 0 Å². The van der Waals surface area contributed by atoms with E-state index in [2.05, 4.69) is 27.7 Å². The van der Waals surface area contributed by atoms with Gasteiger partial charge in [-0.25, -0.2) is 0 Å². The lowest BCUT2D eigenvalue weighted by atomic mass is 9.49. The maximum Gasteiger partial charge on any atom is 0.312 e. The summed E-state index contributed by atoms with van der Waals surface area (Å²) in [6.07, 6.45) is 4.55. The Morgan fingerprint density at radius 1 is 1.00 bits per heavy atom. The summed E-state index contributed by atoms with van der Waals surface area (Å²) in [5, 5.41) is 9.25. The maximum atomic E-state index is 12.7. The Bertz CT molecular complexity index is 549. The first kappa shape index (κ1) is 20.7. The average Bonchev–Trinajstić information content (AvgIpc) is 2.56. The first-order valence-electron chi connectivity index (χ1n) is 9.68. The molecule has 6 heteroatoms. The van der Waals surface area contributed by atoms with Crippen LogP contribution in [0.5, 0.6) is 0 Å². The first-order valence-corrected chi connectivity index (χ1v) is 9.68. The monoisotopic (exact) mass is 368 g/mol. The summed E-state index contributed by atoms with van der Waals surface area (Å²) in [5.74, 6) is -2.64. The lowest BCUT2D eigenvalue weighted by molar-refractivity contribution is -0.184. The zero-order chi connectivity index (χ0) is 19.5. The minimum atomic E-state index is -0.941. The van der Waals surface area contributed by atoms with Gasteiger partial charge in [-0.2, -0.15) is 0 Å². The number of carbonyl (C=O) groups excluding carboxylic acids is 2. The molecule has 26 heavy (non-hydrogen) atoms. The number of carboxylic acids is 1. The largest absolute Gasteiger partial charge is 0.481 e. The molecule has 1 N–H and O–H groups in total. The minimum Gasteiger partial charge on any atom is -0.481 e. The number of hydrogen-bond donors (Lipinski definition) is 1. The quantitative estimate of drug-likeness (QED) is 0.571. The van der Waals surface area contributed by atoms with Crippen LogP contribution in [0.2, 0.25) is 0 Å². The van der Waals surface area contributed by atoms with Crippen LogP contribution >= 0.6 is 0 Å². The van der Waals surface area contributed by atoms with E-state index in [1.165, 1.54) is 0 Å². The third-order valence-electron chi connectivity index (χ3n) is 6.46. The van der Waals surface area contributed by atoms with Crippen LogP contribution in [-0.4, -0.2) is 36.2 Å². The second kappa shape index (κ2) is 7.97. The van der Waals surface area contributed by atoms with Gasteiger partial charge in [0.2, 0.25) is 0 Å². The zero-order valence-electron chi connectivity index (χ0n) is 16.4. The molecule has 0 amide bonds. The Morgan fingerprint density at radius 2 is 1.58 bits per heavy atom. The lowest BCUT2D eigenvalue weighted by Crippen LogP contribution is -2.55. The van der Waals surface area contributed by atoms with Gasteiger partial charge in [0.15, 0.2) is 0 Å². The molecular weight excluding hydrogens is 336 g/mol. The molecule has 6 nitrogen and oxygen atoms in total. The van der Waals surface area contributed by atoms with Crippen molar-refractivity contribution < 1.29 is 29.0 Å². The number of carboxylic acid groups (broad SMARTS) is 1. The van der Waals surface area contributed by atoms with Gasteiger partial charge in [-0.3, -0.25) is 14.4 Å². The highest BCUT2D eigenvalue weighted by atomic mass is 16.6. The fourth-order valence-electron chi connectivity index (χ4n) is 4.67. The molecule has 0 radical (unpaired) electrons. The van der Waals surface area contributed by atoms with Gasteiger partial charge in [0, 0.05) is 0 Å². The summed E-state index contributed by atoms with van der Waals surface area (Å²) < 4.78 is 10.6. The van der Waals surface area contributed by atoms with E-state index in [0.29, 0.717) is 12.8 Å². The third kappa shape index (κ3) is 3.89. The van der Waals surface area contributed by atoms with Crippen molar-refractivity contribution in [2.45, 2.75) is 66.2 Å². The highest BCUT2D eigenvalue weighted by Gasteiger charge is 2.58. The summed E-state index contributed by atoms with van der Waals surface area (Å²) in [6, 6.07) is 0. The second-order valence-corrected chi connectivity index (χ2v) is 8.80. The van der Waals surface area contributed by atoms with Crippen LogP contribution in [0.3, 0.4) is 0 Å². The van der Waals surface area contributed by atoms with Crippen LogP contribution in [-0.2, 0) is 23.9 Å². The van der Waals surface area contributed by atoms with Crippen LogP contribution in [0.15, 0.2) is 0 Å². The molecule has 0 aromatic rings. The fourth-order valence-corrected chi connectivity index (χ4v) is 4.67. The van der Waals surface area contributed by atoms with Crippen molar-refractivity contribution >= 4 is 17.9 Å². The van der Waals surface area contributed by atoms with Crippen molar-refractivity contribution in [2.24, 2.45) is 28.6 Å². The van der Waals surface area contributed by atoms with Gasteiger partial charge in [-0.05, 0) is 37.0 Å². The van der Waals surface area contributed by atoms with Crippen molar-refractivity contribution in [3.8, 4) is 0 Å². The van der Waals surface area contributed by atoms with Crippen molar-refractivity contribution in [1.29, 1.82) is 0 Å². The predicted molar refractivity (Wildman–Crippen MR) is 95.3 cm³/mol. The number of esters is 2. The zero-order valence-corrected chi connectivity index (χ0v) is 16.4. The van der Waals surface area contributed by atoms with Gasteiger partial charge >= 0.3 is 17.9 Å². The van der Waals surface area contributed by atoms with Gasteiger partial charge < -0.3 is 14.6 Å². The Hall–Kier alpha value is -1.59. The number of hydrogen-bond acceptors (Lipinski definition) is 5. The van der Waals surface area contributed by atoms with E-state index in [0.717, 1.165) is 25.7 Å². The minimum absolute atomic E-state index is 0.0135. The third-order valence-corrected chi connectivity index (χ3v) is 6.46. The van der Waals surface area contributed by atoms with E-state index in [-0.39, 0.29) is 30.5 Å². The van der Waals surface area contributed by atoms with E-state index in [4.69, 9.17) is 9.47 Å². The first-order chi connectivity index (χ1) is 12.1. The Balaban J connectivity index is 1.82. The molecule has 2 saturated carbocycles. The van der Waals surface area contributed by atoms with Crippen molar-refractivity contribution in [2.75, 3.05) is 13.2 Å². The van der Waals surface area contributed by atoms with E-state index in [1.54, 1.807) is 0 Å².